The molecule has 1 atom stereocenters. The van der Waals surface area contributed by atoms with Crippen LogP contribution in [0.5, 0.6) is 0 Å². The summed E-state index contributed by atoms with van der Waals surface area (Å²) in [6, 6.07) is 0. The zero-order valence-electron chi connectivity index (χ0n) is 8.34. The van der Waals surface area contributed by atoms with E-state index in [4.69, 9.17) is 0 Å². The van der Waals surface area contributed by atoms with E-state index >= 15 is 0 Å². The average Bonchev–Trinajstić information content (AvgIpc) is 2.93. The monoisotopic (exact) mass is 190 g/mol. The smallest absolute Gasteiger partial charge is 0.169 e. The predicted octanol–water partition coefficient (Wildman–Crippen LogP) is 2.05. The Morgan fingerprint density at radius 1 is 1.36 bits per heavy atom. The van der Waals surface area contributed by atoms with E-state index in [1.807, 2.05) is 6.92 Å². The van der Waals surface area contributed by atoms with Crippen LogP contribution in [0.3, 0.4) is 0 Å². The maximum absolute atomic E-state index is 12.0. The fourth-order valence-electron chi connectivity index (χ4n) is 2.24. The summed E-state index contributed by atoms with van der Waals surface area (Å²) in [6.45, 7) is 2.02. The Balaban J connectivity index is 2.09. The topological polar surface area (TPSA) is 45.8 Å². The maximum atomic E-state index is 12.0. The Morgan fingerprint density at radius 3 is 2.86 bits per heavy atom. The van der Waals surface area contributed by atoms with Gasteiger partial charge in [-0.2, -0.15) is 5.10 Å². The third-order valence-corrected chi connectivity index (χ3v) is 3.35. The van der Waals surface area contributed by atoms with Gasteiger partial charge in [-0.15, -0.1) is 0 Å². The van der Waals surface area contributed by atoms with Gasteiger partial charge in [-0.1, -0.05) is 6.92 Å². The average molecular weight is 190 g/mol. The molecule has 2 aliphatic rings. The van der Waals surface area contributed by atoms with Crippen molar-refractivity contribution in [2.75, 3.05) is 0 Å². The van der Waals surface area contributed by atoms with Crippen LogP contribution in [0.25, 0.3) is 0 Å². The number of H-pyrrole nitrogens is 1. The lowest BCUT2D eigenvalue weighted by Gasteiger charge is -2.16. The molecule has 1 aromatic rings. The molecule has 0 amide bonds. The van der Waals surface area contributed by atoms with Gasteiger partial charge in [0, 0.05) is 17.5 Å². The van der Waals surface area contributed by atoms with Gasteiger partial charge < -0.3 is 0 Å². The van der Waals surface area contributed by atoms with Gasteiger partial charge in [-0.05, 0) is 25.7 Å². The number of fused-ring (bicyclic) bond motifs is 1. The molecule has 0 aliphatic heterocycles. The van der Waals surface area contributed by atoms with Gasteiger partial charge in [0.15, 0.2) is 5.78 Å². The third-order valence-electron chi connectivity index (χ3n) is 3.35. The molecule has 1 fully saturated rings. The molecule has 0 bridgehead atoms. The zero-order chi connectivity index (χ0) is 9.71. The van der Waals surface area contributed by atoms with Crippen molar-refractivity contribution in [3.8, 4) is 0 Å². The van der Waals surface area contributed by atoms with Gasteiger partial charge in [-0.25, -0.2) is 0 Å². The van der Waals surface area contributed by atoms with E-state index in [0.29, 0.717) is 11.7 Å². The quantitative estimate of drug-likeness (QED) is 0.736. The Hall–Kier alpha value is -1.12. The van der Waals surface area contributed by atoms with E-state index in [-0.39, 0.29) is 5.92 Å². The lowest BCUT2D eigenvalue weighted by atomic mass is 9.86. The minimum absolute atomic E-state index is 0.192. The molecule has 1 aromatic heterocycles. The minimum Gasteiger partial charge on any atom is -0.294 e. The van der Waals surface area contributed by atoms with Gasteiger partial charge in [0.05, 0.1) is 11.3 Å². The van der Waals surface area contributed by atoms with E-state index in [2.05, 4.69) is 10.2 Å². The summed E-state index contributed by atoms with van der Waals surface area (Å²) in [6.07, 6.45) is 4.37. The second-order valence-corrected chi connectivity index (χ2v) is 4.54. The van der Waals surface area contributed by atoms with Gasteiger partial charge >= 0.3 is 0 Å². The number of hydrogen-bond acceptors (Lipinski definition) is 2. The molecule has 3 heteroatoms. The summed E-state index contributed by atoms with van der Waals surface area (Å²) in [4.78, 5) is 12.0. The Labute approximate surface area is 82.9 Å². The summed E-state index contributed by atoms with van der Waals surface area (Å²) in [7, 11) is 0. The number of aryl methyl sites for hydroxylation is 1. The van der Waals surface area contributed by atoms with Gasteiger partial charge in [-0.3, -0.25) is 9.89 Å². The van der Waals surface area contributed by atoms with Gasteiger partial charge in [0.1, 0.15) is 0 Å². The van der Waals surface area contributed by atoms with E-state index in [1.165, 1.54) is 12.8 Å². The van der Waals surface area contributed by atoms with Crippen molar-refractivity contribution in [1.29, 1.82) is 0 Å². The lowest BCUT2D eigenvalue weighted by Crippen LogP contribution is -2.20. The maximum Gasteiger partial charge on any atom is 0.169 e. The van der Waals surface area contributed by atoms with Crippen molar-refractivity contribution in [2.24, 2.45) is 5.92 Å². The number of aromatic nitrogens is 2. The molecule has 0 radical (unpaired) electrons. The van der Waals surface area contributed by atoms with Crippen LogP contribution in [0.1, 0.15) is 53.8 Å². The predicted molar refractivity (Wildman–Crippen MR) is 52.4 cm³/mol. The van der Waals surface area contributed by atoms with E-state index in [9.17, 15) is 4.79 Å². The highest BCUT2D eigenvalue weighted by Gasteiger charge is 2.35. The van der Waals surface area contributed by atoms with Crippen LogP contribution >= 0.6 is 0 Å². The van der Waals surface area contributed by atoms with Crippen molar-refractivity contribution in [3.05, 3.63) is 17.0 Å². The number of ketones is 1. The Morgan fingerprint density at radius 2 is 2.14 bits per heavy atom. The molecular weight excluding hydrogens is 176 g/mol. The normalized spacial score (nSPS) is 26.4. The lowest BCUT2D eigenvalue weighted by molar-refractivity contribution is 0.0912. The van der Waals surface area contributed by atoms with Crippen molar-refractivity contribution >= 4 is 5.78 Å². The number of carbonyl (C=O) groups is 1. The molecule has 1 saturated carbocycles. The SMILES string of the molecule is CC1CCc2[nH]nc(C3CC3)c2C1=O. The highest BCUT2D eigenvalue weighted by atomic mass is 16.1. The molecule has 14 heavy (non-hydrogen) atoms. The number of nitrogens with one attached hydrogen (secondary N) is 1. The molecule has 0 saturated heterocycles. The molecule has 0 aromatic carbocycles. The number of carbonyl (C=O) groups excluding carboxylic acids is 1. The minimum atomic E-state index is 0.192. The first-order valence-corrected chi connectivity index (χ1v) is 5.38. The summed E-state index contributed by atoms with van der Waals surface area (Å²) in [5.74, 6) is 1.07. The molecule has 3 rings (SSSR count). The highest BCUT2D eigenvalue weighted by molar-refractivity contribution is 6.00. The van der Waals surface area contributed by atoms with Crippen LogP contribution in [0.2, 0.25) is 0 Å². The molecule has 1 unspecified atom stereocenters. The number of aromatic amines is 1. The Kier molecular flexibility index (Phi) is 1.58. The Bertz CT molecular complexity index is 390. The molecule has 1 heterocycles. The van der Waals surface area contributed by atoms with Crippen molar-refractivity contribution < 1.29 is 4.79 Å². The molecule has 1 N–H and O–H groups in total. The van der Waals surface area contributed by atoms with Crippen molar-refractivity contribution in [2.45, 2.75) is 38.5 Å². The first kappa shape index (κ1) is 8.21. The first-order chi connectivity index (χ1) is 6.77. The van der Waals surface area contributed by atoms with Crippen LogP contribution in [-0.4, -0.2) is 16.0 Å². The van der Waals surface area contributed by atoms with E-state index in [1.54, 1.807) is 0 Å². The number of rotatable bonds is 1. The van der Waals surface area contributed by atoms with Crippen molar-refractivity contribution in [3.63, 3.8) is 0 Å². The first-order valence-electron chi connectivity index (χ1n) is 5.38. The fourth-order valence-corrected chi connectivity index (χ4v) is 2.24. The largest absolute Gasteiger partial charge is 0.294 e. The van der Waals surface area contributed by atoms with Crippen molar-refractivity contribution in [1.82, 2.24) is 10.2 Å². The second kappa shape index (κ2) is 2.69. The zero-order valence-corrected chi connectivity index (χ0v) is 8.34. The van der Waals surface area contributed by atoms with Crippen LogP contribution in [0, 0.1) is 5.92 Å². The summed E-state index contributed by atoms with van der Waals surface area (Å²) in [5.41, 5.74) is 3.07. The molecule has 3 nitrogen and oxygen atoms in total. The van der Waals surface area contributed by atoms with Crippen LogP contribution in [0.4, 0.5) is 0 Å². The highest BCUT2D eigenvalue weighted by Crippen LogP contribution is 2.42. The van der Waals surface area contributed by atoms with Gasteiger partial charge in [0.25, 0.3) is 0 Å². The van der Waals surface area contributed by atoms with Crippen LogP contribution < -0.4 is 0 Å². The molecule has 2 aliphatic carbocycles. The fraction of sp³-hybridized carbons (Fsp3) is 0.636. The summed E-state index contributed by atoms with van der Waals surface area (Å²) >= 11 is 0. The number of nitrogens with zero attached hydrogens (tertiary/aromatic N) is 1. The molecular formula is C11H14N2O. The summed E-state index contributed by atoms with van der Waals surface area (Å²) < 4.78 is 0. The molecule has 0 spiro atoms. The number of Topliss-reactive ketones (excluding diaryl/α,β-unsaturated/α-hetero) is 1. The summed E-state index contributed by atoms with van der Waals surface area (Å²) in [5, 5.41) is 7.33. The second-order valence-electron chi connectivity index (χ2n) is 4.54. The van der Waals surface area contributed by atoms with Gasteiger partial charge in [0.2, 0.25) is 0 Å². The standard InChI is InChI=1S/C11H14N2O/c1-6-2-5-8-9(11(6)14)10(13-12-8)7-3-4-7/h6-7H,2-5H2,1H3,(H,12,13). The molecule has 74 valence electrons. The van der Waals surface area contributed by atoms with Crippen LogP contribution in [-0.2, 0) is 6.42 Å². The van der Waals surface area contributed by atoms with Crippen LogP contribution in [0.15, 0.2) is 0 Å². The van der Waals surface area contributed by atoms with E-state index in [0.717, 1.165) is 29.8 Å². The third kappa shape index (κ3) is 1.04. The van der Waals surface area contributed by atoms with E-state index < -0.39 is 0 Å². The number of hydrogen-bond donors (Lipinski definition) is 1.